The Morgan fingerprint density at radius 3 is 2.55 bits per heavy atom. The van der Waals surface area contributed by atoms with E-state index in [2.05, 4.69) is 46.0 Å². The minimum atomic E-state index is -0.224. The number of amidine groups is 1. The van der Waals surface area contributed by atoms with E-state index < -0.39 is 0 Å². The second-order valence-electron chi connectivity index (χ2n) is 7.00. The van der Waals surface area contributed by atoms with Gasteiger partial charge >= 0.3 is 0 Å². The first-order chi connectivity index (χ1) is 14.0. The quantitative estimate of drug-likeness (QED) is 0.783. The van der Waals surface area contributed by atoms with E-state index in [1.165, 1.54) is 30.1 Å². The Balaban J connectivity index is 1.42. The summed E-state index contributed by atoms with van der Waals surface area (Å²) in [6.45, 7) is 5.58. The van der Waals surface area contributed by atoms with Crippen molar-refractivity contribution < 1.29 is 14.6 Å². The molecule has 6 nitrogen and oxygen atoms in total. The number of aryl methyl sites for hydroxylation is 1. The Kier molecular flexibility index (Phi) is 5.49. The van der Waals surface area contributed by atoms with E-state index in [9.17, 15) is 9.90 Å². The number of anilines is 1. The first kappa shape index (κ1) is 19.4. The van der Waals surface area contributed by atoms with Gasteiger partial charge in [-0.05, 0) is 54.1 Å². The summed E-state index contributed by atoms with van der Waals surface area (Å²) in [5.74, 6) is 0.227. The van der Waals surface area contributed by atoms with Crippen molar-refractivity contribution in [3.05, 3.63) is 58.5 Å². The number of carbonyl (C=O) groups is 1. The number of piperazine rings is 1. The standard InChI is InChI=1S/C22H23N3O3S/c1-15-5-3-4-6-17(15)24-9-11-25(12-10-24)22-23-21(27)20(29-22)14-16-7-8-18(26)19(13-16)28-2/h3-8,13-14,26H,9-12H2,1-2H3/b20-14+. The van der Waals surface area contributed by atoms with Gasteiger partial charge in [-0.15, -0.1) is 0 Å². The summed E-state index contributed by atoms with van der Waals surface area (Å²) in [4.78, 5) is 21.8. The van der Waals surface area contributed by atoms with Crippen molar-refractivity contribution in [2.24, 2.45) is 4.99 Å². The number of rotatable bonds is 3. The highest BCUT2D eigenvalue weighted by Crippen LogP contribution is 2.33. The molecule has 29 heavy (non-hydrogen) atoms. The van der Waals surface area contributed by atoms with E-state index in [-0.39, 0.29) is 11.7 Å². The molecule has 2 aliphatic rings. The molecule has 0 atom stereocenters. The van der Waals surface area contributed by atoms with Crippen LogP contribution in [0.2, 0.25) is 0 Å². The van der Waals surface area contributed by atoms with Crippen LogP contribution in [0.25, 0.3) is 6.08 Å². The van der Waals surface area contributed by atoms with Gasteiger partial charge in [-0.1, -0.05) is 24.3 Å². The maximum Gasteiger partial charge on any atom is 0.286 e. The molecule has 0 saturated carbocycles. The maximum absolute atomic E-state index is 12.4. The molecular formula is C22H23N3O3S. The molecule has 1 N–H and O–H groups in total. The van der Waals surface area contributed by atoms with Gasteiger partial charge in [0.25, 0.3) is 5.91 Å². The van der Waals surface area contributed by atoms with E-state index in [1.54, 1.807) is 24.3 Å². The summed E-state index contributed by atoms with van der Waals surface area (Å²) < 4.78 is 5.14. The number of methoxy groups -OCH3 is 1. The lowest BCUT2D eigenvalue weighted by Gasteiger charge is -2.37. The number of aromatic hydroxyl groups is 1. The second kappa shape index (κ2) is 8.21. The van der Waals surface area contributed by atoms with Crippen molar-refractivity contribution in [3.63, 3.8) is 0 Å². The van der Waals surface area contributed by atoms with Crippen LogP contribution in [0.5, 0.6) is 11.5 Å². The van der Waals surface area contributed by atoms with E-state index in [1.807, 2.05) is 0 Å². The van der Waals surface area contributed by atoms with E-state index in [0.717, 1.165) is 36.9 Å². The number of carbonyl (C=O) groups excluding carboxylic acids is 1. The van der Waals surface area contributed by atoms with Crippen LogP contribution in [-0.4, -0.2) is 54.4 Å². The Morgan fingerprint density at radius 1 is 1.10 bits per heavy atom. The predicted octanol–water partition coefficient (Wildman–Crippen LogP) is 3.50. The fraction of sp³-hybridized carbons (Fsp3) is 0.273. The average Bonchev–Trinajstić information content (AvgIpc) is 3.10. The number of ether oxygens (including phenoxy) is 1. The van der Waals surface area contributed by atoms with Crippen LogP contribution in [0.3, 0.4) is 0 Å². The first-order valence-electron chi connectivity index (χ1n) is 9.50. The lowest BCUT2D eigenvalue weighted by molar-refractivity contribution is -0.113. The average molecular weight is 410 g/mol. The maximum atomic E-state index is 12.4. The molecule has 0 spiro atoms. The third-order valence-corrected chi connectivity index (χ3v) is 6.16. The molecular weight excluding hydrogens is 386 g/mol. The molecule has 0 radical (unpaired) electrons. The molecule has 1 fully saturated rings. The van der Waals surface area contributed by atoms with Crippen LogP contribution < -0.4 is 9.64 Å². The smallest absolute Gasteiger partial charge is 0.286 e. The Labute approximate surface area is 174 Å². The Morgan fingerprint density at radius 2 is 1.83 bits per heavy atom. The first-order valence-corrected chi connectivity index (χ1v) is 10.3. The van der Waals surface area contributed by atoms with Crippen molar-refractivity contribution in [2.45, 2.75) is 6.92 Å². The van der Waals surface area contributed by atoms with Gasteiger partial charge < -0.3 is 19.6 Å². The summed E-state index contributed by atoms with van der Waals surface area (Å²) in [7, 11) is 1.50. The number of amides is 1. The van der Waals surface area contributed by atoms with Gasteiger partial charge in [-0.25, -0.2) is 0 Å². The fourth-order valence-electron chi connectivity index (χ4n) is 3.53. The van der Waals surface area contributed by atoms with E-state index in [4.69, 9.17) is 4.74 Å². The van der Waals surface area contributed by atoms with Gasteiger partial charge in [0, 0.05) is 31.9 Å². The summed E-state index contributed by atoms with van der Waals surface area (Å²) in [6.07, 6.45) is 1.79. The molecule has 1 amide bonds. The highest BCUT2D eigenvalue weighted by molar-refractivity contribution is 8.18. The molecule has 2 aromatic rings. The van der Waals surface area contributed by atoms with Gasteiger partial charge in [-0.2, -0.15) is 4.99 Å². The summed E-state index contributed by atoms with van der Waals surface area (Å²) in [5, 5.41) is 10.5. The fourth-order valence-corrected chi connectivity index (χ4v) is 4.49. The molecule has 2 heterocycles. The van der Waals surface area contributed by atoms with Gasteiger partial charge in [0.15, 0.2) is 16.7 Å². The SMILES string of the molecule is COc1cc(/C=C2/SC(N3CCN(c4ccccc4C)CC3)=NC2=O)ccc1O. The van der Waals surface area contributed by atoms with Gasteiger partial charge in [0.05, 0.1) is 12.0 Å². The van der Waals surface area contributed by atoms with Crippen LogP contribution in [0.1, 0.15) is 11.1 Å². The van der Waals surface area contributed by atoms with Gasteiger partial charge in [0.1, 0.15) is 0 Å². The molecule has 0 unspecified atom stereocenters. The van der Waals surface area contributed by atoms with Crippen LogP contribution >= 0.6 is 11.8 Å². The lowest BCUT2D eigenvalue weighted by atomic mass is 10.1. The van der Waals surface area contributed by atoms with Crippen molar-refractivity contribution in [1.82, 2.24) is 4.90 Å². The number of phenols is 1. The second-order valence-corrected chi connectivity index (χ2v) is 8.01. The number of benzene rings is 2. The zero-order chi connectivity index (χ0) is 20.4. The zero-order valence-corrected chi connectivity index (χ0v) is 17.3. The molecule has 4 rings (SSSR count). The van der Waals surface area contributed by atoms with Crippen LogP contribution in [0, 0.1) is 6.92 Å². The summed E-state index contributed by atoms with van der Waals surface area (Å²) >= 11 is 1.40. The number of nitrogens with zero attached hydrogens (tertiary/aromatic N) is 3. The van der Waals surface area contributed by atoms with Crippen molar-refractivity contribution in [1.29, 1.82) is 0 Å². The van der Waals surface area contributed by atoms with E-state index >= 15 is 0 Å². The highest BCUT2D eigenvalue weighted by atomic mass is 32.2. The minimum Gasteiger partial charge on any atom is -0.504 e. The van der Waals surface area contributed by atoms with Crippen LogP contribution in [0.4, 0.5) is 5.69 Å². The summed E-state index contributed by atoms with van der Waals surface area (Å²) in [5.41, 5.74) is 3.33. The third kappa shape index (κ3) is 4.10. The van der Waals surface area contributed by atoms with Crippen molar-refractivity contribution >= 4 is 34.6 Å². The molecule has 1 saturated heterocycles. The number of phenolic OH excluding ortho intramolecular Hbond substituents is 1. The van der Waals surface area contributed by atoms with Crippen LogP contribution in [-0.2, 0) is 4.79 Å². The topological polar surface area (TPSA) is 65.4 Å². The van der Waals surface area contributed by atoms with Gasteiger partial charge in [-0.3, -0.25) is 4.79 Å². The molecule has 0 bridgehead atoms. The van der Waals surface area contributed by atoms with E-state index in [0.29, 0.717) is 10.7 Å². The normalized spacial score (nSPS) is 18.3. The Bertz CT molecular complexity index is 995. The molecule has 0 aromatic heterocycles. The zero-order valence-electron chi connectivity index (χ0n) is 16.5. The number of para-hydroxylation sites is 1. The molecule has 2 aliphatic heterocycles. The number of hydrogen-bond donors (Lipinski definition) is 1. The van der Waals surface area contributed by atoms with Crippen molar-refractivity contribution in [3.8, 4) is 11.5 Å². The largest absolute Gasteiger partial charge is 0.504 e. The third-order valence-electron chi connectivity index (χ3n) is 5.12. The highest BCUT2D eigenvalue weighted by Gasteiger charge is 2.28. The number of aliphatic imine (C=N–C) groups is 1. The van der Waals surface area contributed by atoms with Crippen molar-refractivity contribution in [2.75, 3.05) is 38.2 Å². The summed E-state index contributed by atoms with van der Waals surface area (Å²) in [6, 6.07) is 13.4. The number of thioether (sulfide) groups is 1. The molecule has 7 heteroatoms. The Hall–Kier alpha value is -2.93. The molecule has 2 aromatic carbocycles. The number of hydrogen-bond acceptors (Lipinski definition) is 6. The molecule has 150 valence electrons. The predicted molar refractivity (Wildman–Crippen MR) is 118 cm³/mol. The molecule has 0 aliphatic carbocycles. The van der Waals surface area contributed by atoms with Gasteiger partial charge in [0.2, 0.25) is 0 Å². The lowest BCUT2D eigenvalue weighted by Crippen LogP contribution is -2.48. The minimum absolute atomic E-state index is 0.0727. The van der Waals surface area contributed by atoms with Crippen LogP contribution in [0.15, 0.2) is 52.4 Å². The monoisotopic (exact) mass is 409 g/mol.